The number of methoxy groups -OCH3 is 1. The maximum absolute atomic E-state index is 12.9. The van der Waals surface area contributed by atoms with Crippen LogP contribution in [0, 0.1) is 0 Å². The fourth-order valence-corrected chi connectivity index (χ4v) is 2.47. The van der Waals surface area contributed by atoms with Crippen LogP contribution < -0.4 is 15.2 Å². The first-order chi connectivity index (χ1) is 8.78. The van der Waals surface area contributed by atoms with Crippen molar-refractivity contribution in [2.45, 2.75) is 11.7 Å². The van der Waals surface area contributed by atoms with E-state index in [9.17, 15) is 17.2 Å². The van der Waals surface area contributed by atoms with E-state index in [2.05, 4.69) is 0 Å². The number of nitrogens with one attached hydrogen (secondary N) is 1. The van der Waals surface area contributed by atoms with E-state index >= 15 is 0 Å². The molecule has 0 spiro atoms. The number of hydrogen-bond acceptors (Lipinski definition) is 4. The van der Waals surface area contributed by atoms with E-state index in [1.54, 1.807) is 18.2 Å². The monoisotopic (exact) mass is 294 g/mol. The highest BCUT2D eigenvalue weighted by Gasteiger charge is 2.28. The van der Waals surface area contributed by atoms with Crippen LogP contribution in [0.4, 0.5) is 8.78 Å². The molecule has 0 fully saturated rings. The van der Waals surface area contributed by atoms with Crippen molar-refractivity contribution in [2.75, 3.05) is 20.2 Å². The number of sulfonamides is 1. The summed E-state index contributed by atoms with van der Waals surface area (Å²) in [4.78, 5) is 0. The summed E-state index contributed by atoms with van der Waals surface area (Å²) in [6.07, 6.45) is 0. The van der Waals surface area contributed by atoms with Crippen molar-refractivity contribution in [2.24, 2.45) is 5.73 Å². The van der Waals surface area contributed by atoms with Gasteiger partial charge in [-0.05, 0) is 17.7 Å². The van der Waals surface area contributed by atoms with Crippen molar-refractivity contribution in [1.82, 2.24) is 4.72 Å². The summed E-state index contributed by atoms with van der Waals surface area (Å²) in [6.45, 7) is -1.91. The first-order valence-corrected chi connectivity index (χ1v) is 7.11. The highest BCUT2D eigenvalue weighted by molar-refractivity contribution is 7.88. The Morgan fingerprint density at radius 1 is 1.42 bits per heavy atom. The normalized spacial score (nSPS) is 12.4. The maximum atomic E-state index is 12.9. The van der Waals surface area contributed by atoms with Crippen LogP contribution in [-0.2, 0) is 15.8 Å². The molecule has 0 atom stereocenters. The minimum atomic E-state index is -3.84. The fraction of sp³-hybridized carbons (Fsp3) is 0.455. The second-order valence-corrected chi connectivity index (χ2v) is 5.80. The third kappa shape index (κ3) is 5.50. The molecule has 0 saturated heterocycles. The van der Waals surface area contributed by atoms with Gasteiger partial charge in [0, 0.05) is 0 Å². The van der Waals surface area contributed by atoms with E-state index in [0.717, 1.165) is 0 Å². The van der Waals surface area contributed by atoms with Gasteiger partial charge in [0.2, 0.25) is 10.0 Å². The number of hydrogen-bond donors (Lipinski definition) is 2. The molecule has 0 heterocycles. The topological polar surface area (TPSA) is 81.4 Å². The van der Waals surface area contributed by atoms with Gasteiger partial charge in [0.05, 0.1) is 26.0 Å². The van der Waals surface area contributed by atoms with Crippen LogP contribution >= 0.6 is 0 Å². The SMILES string of the molecule is COc1cccc(CS(=O)(=O)NCC(F)(F)CN)c1. The molecule has 108 valence electrons. The Morgan fingerprint density at radius 2 is 2.11 bits per heavy atom. The molecule has 0 aliphatic rings. The third-order valence-electron chi connectivity index (χ3n) is 2.34. The second kappa shape index (κ2) is 6.27. The van der Waals surface area contributed by atoms with Crippen LogP contribution in [-0.4, -0.2) is 34.5 Å². The third-order valence-corrected chi connectivity index (χ3v) is 3.64. The maximum Gasteiger partial charge on any atom is 0.273 e. The molecule has 0 aliphatic carbocycles. The zero-order chi connectivity index (χ0) is 14.5. The Bertz CT molecular complexity index is 520. The van der Waals surface area contributed by atoms with Crippen LogP contribution in [0.15, 0.2) is 24.3 Å². The zero-order valence-corrected chi connectivity index (χ0v) is 11.2. The predicted octanol–water partition coefficient (Wildman–Crippen LogP) is 0.709. The Hall–Kier alpha value is -1.25. The molecule has 0 aromatic heterocycles. The Balaban J connectivity index is 2.69. The smallest absolute Gasteiger partial charge is 0.273 e. The number of ether oxygens (including phenoxy) is 1. The van der Waals surface area contributed by atoms with Gasteiger partial charge in [-0.25, -0.2) is 21.9 Å². The number of alkyl halides is 2. The standard InChI is InChI=1S/C11H16F2N2O3S/c1-18-10-4-2-3-9(5-10)6-19(16,17)15-8-11(12,13)7-14/h2-5,15H,6-8,14H2,1H3. The van der Waals surface area contributed by atoms with E-state index < -0.39 is 34.8 Å². The lowest BCUT2D eigenvalue weighted by Gasteiger charge is -2.14. The minimum absolute atomic E-state index is 0.398. The minimum Gasteiger partial charge on any atom is -0.497 e. The molecule has 5 nitrogen and oxygen atoms in total. The van der Waals surface area contributed by atoms with Gasteiger partial charge in [0.15, 0.2) is 0 Å². The van der Waals surface area contributed by atoms with Gasteiger partial charge in [-0.2, -0.15) is 0 Å². The van der Waals surface area contributed by atoms with Gasteiger partial charge >= 0.3 is 0 Å². The van der Waals surface area contributed by atoms with Gasteiger partial charge in [0.25, 0.3) is 5.92 Å². The largest absolute Gasteiger partial charge is 0.497 e. The van der Waals surface area contributed by atoms with Crippen molar-refractivity contribution < 1.29 is 21.9 Å². The quantitative estimate of drug-likeness (QED) is 0.776. The Morgan fingerprint density at radius 3 is 2.68 bits per heavy atom. The summed E-state index contributed by atoms with van der Waals surface area (Å²) < 4.78 is 55.8. The lowest BCUT2D eigenvalue weighted by molar-refractivity contribution is 0.0170. The molecule has 0 unspecified atom stereocenters. The van der Waals surface area contributed by atoms with Gasteiger partial charge < -0.3 is 10.5 Å². The summed E-state index contributed by atoms with van der Waals surface area (Å²) in [5.74, 6) is -3.15. The Kier molecular flexibility index (Phi) is 5.21. The molecular weight excluding hydrogens is 278 g/mol. The average Bonchev–Trinajstić information content (AvgIpc) is 2.36. The first kappa shape index (κ1) is 15.8. The lowest BCUT2D eigenvalue weighted by Crippen LogP contribution is -2.41. The molecule has 19 heavy (non-hydrogen) atoms. The summed E-state index contributed by atoms with van der Waals surface area (Å²) >= 11 is 0. The molecule has 0 bridgehead atoms. The van der Waals surface area contributed by atoms with Gasteiger partial charge in [-0.3, -0.25) is 0 Å². The predicted molar refractivity (Wildman–Crippen MR) is 67.6 cm³/mol. The van der Waals surface area contributed by atoms with Crippen LogP contribution in [0.3, 0.4) is 0 Å². The van der Waals surface area contributed by atoms with Crippen molar-refractivity contribution >= 4 is 10.0 Å². The van der Waals surface area contributed by atoms with Crippen LogP contribution in [0.5, 0.6) is 5.75 Å². The van der Waals surface area contributed by atoms with E-state index in [4.69, 9.17) is 10.5 Å². The zero-order valence-electron chi connectivity index (χ0n) is 10.4. The molecule has 1 aromatic rings. The van der Waals surface area contributed by atoms with E-state index in [1.165, 1.54) is 13.2 Å². The summed E-state index contributed by atoms with van der Waals surface area (Å²) in [5.41, 5.74) is 5.27. The van der Waals surface area contributed by atoms with Crippen molar-refractivity contribution in [3.63, 3.8) is 0 Å². The molecule has 0 aliphatic heterocycles. The fourth-order valence-electron chi connectivity index (χ4n) is 1.32. The number of nitrogens with two attached hydrogens (primary N) is 1. The molecule has 3 N–H and O–H groups in total. The van der Waals surface area contributed by atoms with Crippen LogP contribution in [0.2, 0.25) is 0 Å². The van der Waals surface area contributed by atoms with Crippen molar-refractivity contribution in [3.05, 3.63) is 29.8 Å². The average molecular weight is 294 g/mol. The number of rotatable bonds is 7. The molecular formula is C11H16F2N2O3S. The number of benzene rings is 1. The highest BCUT2D eigenvalue weighted by Crippen LogP contribution is 2.15. The molecule has 8 heteroatoms. The summed E-state index contributed by atoms with van der Waals surface area (Å²) in [6, 6.07) is 6.38. The van der Waals surface area contributed by atoms with Gasteiger partial charge in [-0.1, -0.05) is 12.1 Å². The molecule has 0 saturated carbocycles. The summed E-state index contributed by atoms with van der Waals surface area (Å²) in [7, 11) is -2.39. The first-order valence-electron chi connectivity index (χ1n) is 5.46. The van der Waals surface area contributed by atoms with E-state index in [1.807, 2.05) is 4.72 Å². The highest BCUT2D eigenvalue weighted by atomic mass is 32.2. The second-order valence-electron chi connectivity index (χ2n) is 3.99. The van der Waals surface area contributed by atoms with Crippen molar-refractivity contribution in [1.29, 1.82) is 0 Å². The van der Waals surface area contributed by atoms with Crippen molar-refractivity contribution in [3.8, 4) is 5.75 Å². The summed E-state index contributed by atoms with van der Waals surface area (Å²) in [5, 5.41) is 0. The van der Waals surface area contributed by atoms with E-state index in [-0.39, 0.29) is 0 Å². The number of halogens is 2. The van der Waals surface area contributed by atoms with Gasteiger partial charge in [-0.15, -0.1) is 0 Å². The van der Waals surface area contributed by atoms with Gasteiger partial charge in [0.1, 0.15) is 5.75 Å². The lowest BCUT2D eigenvalue weighted by atomic mass is 10.2. The molecule has 1 rings (SSSR count). The molecule has 1 aromatic carbocycles. The Labute approximate surface area is 110 Å². The van der Waals surface area contributed by atoms with Crippen LogP contribution in [0.25, 0.3) is 0 Å². The van der Waals surface area contributed by atoms with Crippen LogP contribution in [0.1, 0.15) is 5.56 Å². The molecule has 0 amide bonds. The van der Waals surface area contributed by atoms with E-state index in [0.29, 0.717) is 11.3 Å². The molecule has 0 radical (unpaired) electrons.